The zero-order chi connectivity index (χ0) is 14.7. The molecular weight excluding hydrogens is 276 g/mol. The Kier molecular flexibility index (Phi) is 2.69. The van der Waals surface area contributed by atoms with Crippen molar-refractivity contribution in [3.63, 3.8) is 0 Å². The Balaban J connectivity index is 1.35. The van der Waals surface area contributed by atoms with E-state index in [1.54, 1.807) is 0 Å². The van der Waals surface area contributed by atoms with Crippen LogP contribution in [-0.2, 0) is 4.74 Å². The number of aliphatic hydroxyl groups excluding tert-OH is 1. The Labute approximate surface area is 129 Å². The molecule has 0 amide bonds. The van der Waals surface area contributed by atoms with Gasteiger partial charge >= 0.3 is 0 Å². The van der Waals surface area contributed by atoms with Crippen LogP contribution in [0.5, 0.6) is 0 Å². The predicted octanol–water partition coefficient (Wildman–Crippen LogP) is 1.80. The first-order valence-electron chi connectivity index (χ1n) is 7.81. The van der Waals surface area contributed by atoms with Crippen LogP contribution in [0.15, 0.2) is 60.7 Å². The van der Waals surface area contributed by atoms with E-state index < -0.39 is 6.29 Å². The molecule has 3 heterocycles. The van der Waals surface area contributed by atoms with Crippen LogP contribution in [-0.4, -0.2) is 34.6 Å². The van der Waals surface area contributed by atoms with Crippen LogP contribution in [0.2, 0.25) is 0 Å². The molecule has 3 saturated heterocycles. The van der Waals surface area contributed by atoms with Gasteiger partial charge in [0, 0.05) is 0 Å². The molecular formula is C18H18N2O2. The number of nitrogens with one attached hydrogen (secondary N) is 1. The Hall–Kier alpha value is -1.72. The fourth-order valence-electron chi connectivity index (χ4n) is 3.84. The van der Waals surface area contributed by atoms with E-state index in [2.05, 4.69) is 58.7 Å². The van der Waals surface area contributed by atoms with Crippen molar-refractivity contribution in [2.75, 3.05) is 0 Å². The molecule has 0 bridgehead atoms. The van der Waals surface area contributed by atoms with Crippen LogP contribution in [0, 0.1) is 0 Å². The molecule has 0 aromatic heterocycles. The fourth-order valence-corrected chi connectivity index (χ4v) is 3.84. The summed E-state index contributed by atoms with van der Waals surface area (Å²) in [6.07, 6.45) is -0.732. The van der Waals surface area contributed by atoms with Gasteiger partial charge in [-0.3, -0.25) is 4.90 Å². The summed E-state index contributed by atoms with van der Waals surface area (Å²) in [7, 11) is 0. The van der Waals surface area contributed by atoms with Gasteiger partial charge in [-0.2, -0.15) is 0 Å². The van der Waals surface area contributed by atoms with Crippen molar-refractivity contribution in [2.45, 2.75) is 36.7 Å². The largest absolute Gasteiger partial charge is 0.366 e. The SMILES string of the molecule is O[C@@H]1OC([C@H]2NC2c2ccccc2)[N@]2C(c3ccccc3)C12. The molecule has 2 N–H and O–H groups in total. The number of hydrogen-bond acceptors (Lipinski definition) is 4. The molecule has 112 valence electrons. The molecule has 4 heteroatoms. The molecule has 2 aromatic rings. The van der Waals surface area contributed by atoms with Gasteiger partial charge in [-0.1, -0.05) is 60.7 Å². The van der Waals surface area contributed by atoms with Crippen LogP contribution in [0.4, 0.5) is 0 Å². The molecule has 7 atom stereocenters. The van der Waals surface area contributed by atoms with Gasteiger partial charge in [0.2, 0.25) is 0 Å². The number of nitrogens with zero attached hydrogens (tertiary/aromatic N) is 1. The van der Waals surface area contributed by atoms with Crippen LogP contribution in [0.25, 0.3) is 0 Å². The van der Waals surface area contributed by atoms with Crippen LogP contribution in [0.3, 0.4) is 0 Å². The number of hydrogen-bond donors (Lipinski definition) is 2. The maximum Gasteiger partial charge on any atom is 0.174 e. The topological polar surface area (TPSA) is 54.4 Å². The lowest BCUT2D eigenvalue weighted by Crippen LogP contribution is -2.29. The van der Waals surface area contributed by atoms with Crippen LogP contribution >= 0.6 is 0 Å². The van der Waals surface area contributed by atoms with Crippen molar-refractivity contribution in [2.24, 2.45) is 0 Å². The second-order valence-electron chi connectivity index (χ2n) is 6.29. The first-order valence-corrected chi connectivity index (χ1v) is 7.81. The van der Waals surface area contributed by atoms with E-state index in [0.717, 1.165) is 0 Å². The highest BCUT2D eigenvalue weighted by Gasteiger charge is 2.66. The minimum Gasteiger partial charge on any atom is -0.366 e. The van der Waals surface area contributed by atoms with E-state index in [-0.39, 0.29) is 24.4 Å². The normalized spacial score (nSPS) is 42.0. The second-order valence-corrected chi connectivity index (χ2v) is 6.29. The zero-order valence-electron chi connectivity index (χ0n) is 12.0. The summed E-state index contributed by atoms with van der Waals surface area (Å²) in [6.45, 7) is 0. The molecule has 3 aliphatic rings. The van der Waals surface area contributed by atoms with E-state index in [1.165, 1.54) is 11.1 Å². The predicted molar refractivity (Wildman–Crippen MR) is 81.8 cm³/mol. The van der Waals surface area contributed by atoms with Gasteiger partial charge in [0.1, 0.15) is 6.23 Å². The standard InChI is InChI=1S/C18H18N2O2/c21-18-16-15(12-9-5-2-6-10-12)20(16)17(22-18)14-13(19-14)11-7-3-1-4-8-11/h1-10,13-19,21H/t13?,14-,15?,16?,17?,18+,20+/m0/s1. The minimum atomic E-state index is -0.686. The molecule has 5 rings (SSSR count). The third-order valence-corrected chi connectivity index (χ3v) is 4.99. The van der Waals surface area contributed by atoms with E-state index in [0.29, 0.717) is 6.04 Å². The number of rotatable bonds is 3. The van der Waals surface area contributed by atoms with Crippen LogP contribution < -0.4 is 5.32 Å². The summed E-state index contributed by atoms with van der Waals surface area (Å²) in [5.41, 5.74) is 2.55. The summed E-state index contributed by atoms with van der Waals surface area (Å²) in [5.74, 6) is 0. The monoisotopic (exact) mass is 294 g/mol. The maximum absolute atomic E-state index is 10.2. The minimum absolute atomic E-state index is 0.0459. The van der Waals surface area contributed by atoms with Crippen molar-refractivity contribution < 1.29 is 9.84 Å². The maximum atomic E-state index is 10.2. The van der Waals surface area contributed by atoms with Gasteiger partial charge in [0.25, 0.3) is 0 Å². The average Bonchev–Trinajstić information content (AvgIpc) is 3.47. The van der Waals surface area contributed by atoms with E-state index in [4.69, 9.17) is 4.74 Å². The highest BCUT2D eigenvalue weighted by atomic mass is 16.6. The number of aliphatic hydroxyl groups is 1. The number of fused-ring (bicyclic) bond motifs is 1. The Bertz CT molecular complexity index is 678. The first kappa shape index (κ1) is 12.8. The smallest absolute Gasteiger partial charge is 0.174 e. The van der Waals surface area contributed by atoms with Gasteiger partial charge in [-0.05, 0) is 11.1 Å². The van der Waals surface area contributed by atoms with Crippen molar-refractivity contribution in [1.29, 1.82) is 0 Å². The molecule has 0 radical (unpaired) electrons. The summed E-state index contributed by atoms with van der Waals surface area (Å²) < 4.78 is 5.77. The summed E-state index contributed by atoms with van der Waals surface area (Å²) >= 11 is 0. The Morgan fingerprint density at radius 3 is 2.23 bits per heavy atom. The van der Waals surface area contributed by atoms with E-state index in [1.807, 2.05) is 12.1 Å². The highest BCUT2D eigenvalue weighted by molar-refractivity contribution is 5.33. The van der Waals surface area contributed by atoms with Crippen molar-refractivity contribution >= 4 is 0 Å². The molecule has 0 saturated carbocycles. The van der Waals surface area contributed by atoms with E-state index in [9.17, 15) is 5.11 Å². The molecule has 2 aromatic carbocycles. The lowest BCUT2D eigenvalue weighted by atomic mass is 10.1. The van der Waals surface area contributed by atoms with E-state index >= 15 is 0 Å². The van der Waals surface area contributed by atoms with Crippen molar-refractivity contribution in [1.82, 2.24) is 10.2 Å². The third-order valence-electron chi connectivity index (χ3n) is 4.99. The molecule has 4 unspecified atom stereocenters. The first-order chi connectivity index (χ1) is 10.8. The van der Waals surface area contributed by atoms with Gasteiger partial charge in [0.05, 0.1) is 24.2 Å². The number of ether oxygens (including phenoxy) is 1. The van der Waals surface area contributed by atoms with Gasteiger partial charge in [0.15, 0.2) is 6.29 Å². The molecule has 22 heavy (non-hydrogen) atoms. The Morgan fingerprint density at radius 1 is 0.909 bits per heavy atom. The number of benzene rings is 2. The molecule has 4 nitrogen and oxygen atoms in total. The summed E-state index contributed by atoms with van der Waals surface area (Å²) in [6, 6.07) is 21.8. The summed E-state index contributed by atoms with van der Waals surface area (Å²) in [4.78, 5) is 2.29. The quantitative estimate of drug-likeness (QED) is 0.848. The lowest BCUT2D eigenvalue weighted by Gasteiger charge is -2.17. The fraction of sp³-hybridized carbons (Fsp3) is 0.333. The van der Waals surface area contributed by atoms with Gasteiger partial charge in [-0.15, -0.1) is 0 Å². The lowest BCUT2D eigenvalue weighted by molar-refractivity contribution is -0.118. The average molecular weight is 294 g/mol. The Morgan fingerprint density at radius 2 is 1.55 bits per heavy atom. The van der Waals surface area contributed by atoms with Crippen molar-refractivity contribution in [3.05, 3.63) is 71.8 Å². The third kappa shape index (κ3) is 1.85. The zero-order valence-corrected chi connectivity index (χ0v) is 12.0. The highest BCUT2D eigenvalue weighted by Crippen LogP contribution is 2.55. The van der Waals surface area contributed by atoms with Crippen molar-refractivity contribution in [3.8, 4) is 0 Å². The molecule has 0 spiro atoms. The second kappa shape index (κ2) is 4.64. The molecule has 3 fully saturated rings. The summed E-state index contributed by atoms with van der Waals surface area (Å²) in [5, 5.41) is 13.7. The van der Waals surface area contributed by atoms with Crippen LogP contribution in [0.1, 0.15) is 23.2 Å². The van der Waals surface area contributed by atoms with Gasteiger partial charge < -0.3 is 15.2 Å². The molecule has 0 aliphatic carbocycles. The molecule has 3 aliphatic heterocycles. The van der Waals surface area contributed by atoms with Gasteiger partial charge in [-0.25, -0.2) is 0 Å².